The van der Waals surface area contributed by atoms with Crippen molar-refractivity contribution in [1.29, 1.82) is 0 Å². The molecule has 0 radical (unpaired) electrons. The van der Waals surface area contributed by atoms with E-state index in [9.17, 15) is 0 Å². The minimum Gasteiger partial charge on any atom is -0.494 e. The van der Waals surface area contributed by atoms with Gasteiger partial charge < -0.3 is 10.1 Å². The molecule has 0 bridgehead atoms. The third-order valence-corrected chi connectivity index (χ3v) is 3.94. The molecule has 23 heavy (non-hydrogen) atoms. The zero-order chi connectivity index (χ0) is 16.2. The largest absolute Gasteiger partial charge is 0.494 e. The van der Waals surface area contributed by atoms with Gasteiger partial charge in [0.2, 0.25) is 0 Å². The van der Waals surface area contributed by atoms with Crippen molar-refractivity contribution in [1.82, 2.24) is 5.32 Å². The van der Waals surface area contributed by atoms with Crippen LogP contribution < -0.4 is 10.1 Å². The lowest BCUT2D eigenvalue weighted by molar-refractivity contribution is 0.304. The summed E-state index contributed by atoms with van der Waals surface area (Å²) in [6.45, 7) is 4.85. The Balaban J connectivity index is 1.62. The fourth-order valence-corrected chi connectivity index (χ4v) is 2.55. The second kappa shape index (κ2) is 10.8. The molecular formula is C21H29NO. The number of hydrogen-bond acceptors (Lipinski definition) is 2. The van der Waals surface area contributed by atoms with Gasteiger partial charge in [-0.25, -0.2) is 0 Å². The molecule has 0 fully saturated rings. The van der Waals surface area contributed by atoms with Crippen LogP contribution in [-0.4, -0.2) is 6.61 Å². The first-order valence-electron chi connectivity index (χ1n) is 8.85. The summed E-state index contributed by atoms with van der Waals surface area (Å²) in [6.07, 6.45) is 6.38. The molecule has 0 heterocycles. The molecule has 0 aliphatic heterocycles. The van der Waals surface area contributed by atoms with Crippen LogP contribution in [0.1, 0.15) is 50.2 Å². The van der Waals surface area contributed by atoms with E-state index in [1.165, 1.54) is 36.8 Å². The molecule has 124 valence electrons. The molecule has 2 heteroatoms. The lowest BCUT2D eigenvalue weighted by atomic mass is 10.2. The van der Waals surface area contributed by atoms with Crippen LogP contribution in [0.25, 0.3) is 0 Å². The first-order chi connectivity index (χ1) is 11.4. The number of rotatable bonds is 11. The van der Waals surface area contributed by atoms with Crippen LogP contribution >= 0.6 is 0 Å². The second-order valence-corrected chi connectivity index (χ2v) is 6.00. The van der Waals surface area contributed by atoms with E-state index in [1.54, 1.807) is 0 Å². The van der Waals surface area contributed by atoms with Crippen LogP contribution in [-0.2, 0) is 13.1 Å². The number of unbranched alkanes of at least 4 members (excludes halogenated alkanes) is 4. The monoisotopic (exact) mass is 311 g/mol. The third kappa shape index (κ3) is 7.34. The average Bonchev–Trinajstić information content (AvgIpc) is 2.60. The van der Waals surface area contributed by atoms with Gasteiger partial charge in [-0.05, 0) is 29.7 Å². The van der Waals surface area contributed by atoms with Crippen molar-refractivity contribution in [2.24, 2.45) is 0 Å². The van der Waals surface area contributed by atoms with Crippen molar-refractivity contribution in [2.75, 3.05) is 6.61 Å². The maximum absolute atomic E-state index is 5.79. The fraction of sp³-hybridized carbons (Fsp3) is 0.429. The number of benzene rings is 2. The molecule has 0 aromatic heterocycles. The van der Waals surface area contributed by atoms with Crippen LogP contribution in [0.5, 0.6) is 5.75 Å². The fourth-order valence-electron chi connectivity index (χ4n) is 2.55. The predicted octanol–water partition coefficient (Wildman–Crippen LogP) is 5.33. The number of hydrogen-bond donors (Lipinski definition) is 1. The smallest absolute Gasteiger partial charge is 0.119 e. The van der Waals surface area contributed by atoms with Gasteiger partial charge in [0.25, 0.3) is 0 Å². The summed E-state index contributed by atoms with van der Waals surface area (Å²) < 4.78 is 5.79. The lowest BCUT2D eigenvalue weighted by Gasteiger charge is -2.08. The van der Waals surface area contributed by atoms with Crippen molar-refractivity contribution in [3.63, 3.8) is 0 Å². The maximum atomic E-state index is 5.79. The van der Waals surface area contributed by atoms with Crippen LogP contribution in [0.2, 0.25) is 0 Å². The Hall–Kier alpha value is -1.80. The Bertz CT molecular complexity index is 521. The van der Waals surface area contributed by atoms with E-state index in [0.29, 0.717) is 0 Å². The Morgan fingerprint density at radius 3 is 2.09 bits per heavy atom. The van der Waals surface area contributed by atoms with Gasteiger partial charge in [0, 0.05) is 13.1 Å². The molecule has 1 N–H and O–H groups in total. The lowest BCUT2D eigenvalue weighted by Crippen LogP contribution is -2.12. The standard InChI is InChI=1S/C21H29NO/c1-2-3-4-5-9-16-23-21-14-12-20(13-15-21)18-22-17-19-10-7-6-8-11-19/h6-8,10-15,22H,2-5,9,16-18H2,1H3. The SMILES string of the molecule is CCCCCCCOc1ccc(CNCc2ccccc2)cc1. The summed E-state index contributed by atoms with van der Waals surface area (Å²) in [5, 5.41) is 3.47. The summed E-state index contributed by atoms with van der Waals surface area (Å²) in [7, 11) is 0. The van der Waals surface area contributed by atoms with E-state index in [2.05, 4.69) is 60.8 Å². The first kappa shape index (κ1) is 17.6. The molecule has 0 unspecified atom stereocenters. The van der Waals surface area contributed by atoms with Crippen molar-refractivity contribution >= 4 is 0 Å². The van der Waals surface area contributed by atoms with Gasteiger partial charge in [0.05, 0.1) is 6.61 Å². The molecule has 2 aromatic carbocycles. The number of ether oxygens (including phenoxy) is 1. The summed E-state index contributed by atoms with van der Waals surface area (Å²) in [5.41, 5.74) is 2.60. The molecule has 0 spiro atoms. The Labute approximate surface area is 140 Å². The van der Waals surface area contributed by atoms with Crippen LogP contribution in [0.4, 0.5) is 0 Å². The molecule has 0 aliphatic carbocycles. The molecule has 2 nitrogen and oxygen atoms in total. The highest BCUT2D eigenvalue weighted by molar-refractivity contribution is 5.27. The molecule has 0 amide bonds. The van der Waals surface area contributed by atoms with Crippen LogP contribution in [0, 0.1) is 0 Å². The summed E-state index contributed by atoms with van der Waals surface area (Å²) in [6, 6.07) is 18.9. The van der Waals surface area contributed by atoms with Crippen LogP contribution in [0.3, 0.4) is 0 Å². The van der Waals surface area contributed by atoms with Gasteiger partial charge in [-0.3, -0.25) is 0 Å². The maximum Gasteiger partial charge on any atom is 0.119 e. The highest BCUT2D eigenvalue weighted by atomic mass is 16.5. The van der Waals surface area contributed by atoms with E-state index in [-0.39, 0.29) is 0 Å². The molecular weight excluding hydrogens is 282 g/mol. The average molecular weight is 311 g/mol. The Morgan fingerprint density at radius 2 is 1.39 bits per heavy atom. The Kier molecular flexibility index (Phi) is 8.28. The number of nitrogens with one attached hydrogen (secondary N) is 1. The topological polar surface area (TPSA) is 21.3 Å². The minimum atomic E-state index is 0.829. The summed E-state index contributed by atoms with van der Waals surface area (Å²) in [4.78, 5) is 0. The van der Waals surface area contributed by atoms with E-state index in [0.717, 1.165) is 31.9 Å². The highest BCUT2D eigenvalue weighted by Gasteiger charge is 1.97. The van der Waals surface area contributed by atoms with Crippen molar-refractivity contribution in [2.45, 2.75) is 52.1 Å². The normalized spacial score (nSPS) is 10.7. The molecule has 0 atom stereocenters. The summed E-state index contributed by atoms with van der Waals surface area (Å²) in [5.74, 6) is 0.979. The van der Waals surface area contributed by atoms with Crippen molar-refractivity contribution < 1.29 is 4.74 Å². The molecule has 2 aromatic rings. The molecule has 2 rings (SSSR count). The van der Waals surface area contributed by atoms with Crippen molar-refractivity contribution in [3.8, 4) is 5.75 Å². The highest BCUT2D eigenvalue weighted by Crippen LogP contribution is 2.13. The summed E-state index contributed by atoms with van der Waals surface area (Å²) >= 11 is 0. The van der Waals surface area contributed by atoms with Gasteiger partial charge >= 0.3 is 0 Å². The minimum absolute atomic E-state index is 0.829. The van der Waals surface area contributed by atoms with Gasteiger partial charge in [-0.15, -0.1) is 0 Å². The zero-order valence-electron chi connectivity index (χ0n) is 14.3. The predicted molar refractivity (Wildman–Crippen MR) is 97.7 cm³/mol. The van der Waals surface area contributed by atoms with E-state index in [1.807, 2.05) is 6.07 Å². The second-order valence-electron chi connectivity index (χ2n) is 6.00. The van der Waals surface area contributed by atoms with E-state index in [4.69, 9.17) is 4.74 Å². The van der Waals surface area contributed by atoms with Gasteiger partial charge in [-0.1, -0.05) is 75.1 Å². The first-order valence-corrected chi connectivity index (χ1v) is 8.85. The van der Waals surface area contributed by atoms with Gasteiger partial charge in [0.15, 0.2) is 0 Å². The molecule has 0 saturated carbocycles. The Morgan fingerprint density at radius 1 is 0.739 bits per heavy atom. The van der Waals surface area contributed by atoms with Gasteiger partial charge in [0.1, 0.15) is 5.75 Å². The van der Waals surface area contributed by atoms with E-state index < -0.39 is 0 Å². The molecule has 0 saturated heterocycles. The van der Waals surface area contributed by atoms with Gasteiger partial charge in [-0.2, -0.15) is 0 Å². The van der Waals surface area contributed by atoms with Crippen molar-refractivity contribution in [3.05, 3.63) is 65.7 Å². The van der Waals surface area contributed by atoms with Crippen LogP contribution in [0.15, 0.2) is 54.6 Å². The quantitative estimate of drug-likeness (QED) is 0.567. The zero-order valence-corrected chi connectivity index (χ0v) is 14.3. The van der Waals surface area contributed by atoms with E-state index >= 15 is 0 Å². The third-order valence-electron chi connectivity index (χ3n) is 3.94. The molecule has 0 aliphatic rings.